The monoisotopic (exact) mass is 505 g/mol. The Hall–Kier alpha value is -2.94. The van der Waals surface area contributed by atoms with Crippen LogP contribution in [0.15, 0.2) is 48.5 Å². The van der Waals surface area contributed by atoms with Crippen LogP contribution in [0.3, 0.4) is 0 Å². The highest BCUT2D eigenvalue weighted by Gasteiger charge is 2.27. The Morgan fingerprint density at radius 3 is 2.26 bits per heavy atom. The van der Waals surface area contributed by atoms with Gasteiger partial charge in [-0.15, -0.1) is 0 Å². The van der Waals surface area contributed by atoms with Crippen LogP contribution in [0.4, 0.5) is 10.1 Å². The molecule has 35 heavy (non-hydrogen) atoms. The molecule has 0 saturated heterocycles. The molecule has 0 saturated carbocycles. The first kappa shape index (κ1) is 28.3. The molecule has 0 aromatic heterocycles. The molecule has 0 aliphatic carbocycles. The summed E-state index contributed by atoms with van der Waals surface area (Å²) in [5.74, 6) is -0.903. The van der Waals surface area contributed by atoms with Crippen molar-refractivity contribution in [3.05, 3.63) is 65.5 Å². The van der Waals surface area contributed by atoms with Gasteiger partial charge in [0.2, 0.25) is 21.8 Å². The van der Waals surface area contributed by atoms with Crippen LogP contribution in [-0.2, 0) is 26.2 Å². The minimum Gasteiger partial charge on any atom is -0.354 e. The minimum atomic E-state index is -3.75. The first-order valence-corrected chi connectivity index (χ1v) is 13.6. The average molecular weight is 506 g/mol. The first-order valence-electron chi connectivity index (χ1n) is 11.8. The molecular weight excluding hydrogens is 469 g/mol. The highest BCUT2D eigenvalue weighted by atomic mass is 32.2. The summed E-state index contributed by atoms with van der Waals surface area (Å²) in [5.41, 5.74) is 1.87. The number of amides is 2. The number of rotatable bonds is 12. The van der Waals surface area contributed by atoms with Crippen LogP contribution in [0.5, 0.6) is 0 Å². The summed E-state index contributed by atoms with van der Waals surface area (Å²) in [6.45, 7) is 8.31. The molecular formula is C26H36FN3O4S. The maximum absolute atomic E-state index is 14.3. The van der Waals surface area contributed by atoms with Gasteiger partial charge in [-0.1, -0.05) is 50.2 Å². The molecule has 0 heterocycles. The van der Waals surface area contributed by atoms with Crippen LogP contribution in [0, 0.1) is 18.7 Å². The summed E-state index contributed by atoms with van der Waals surface area (Å²) < 4.78 is 39.9. The second-order valence-electron chi connectivity index (χ2n) is 9.15. The summed E-state index contributed by atoms with van der Waals surface area (Å²) >= 11 is 0. The lowest BCUT2D eigenvalue weighted by Gasteiger charge is -2.30. The number of para-hydroxylation sites is 1. The summed E-state index contributed by atoms with van der Waals surface area (Å²) in [6.07, 6.45) is 1.19. The molecule has 7 nitrogen and oxygen atoms in total. The quantitative estimate of drug-likeness (QED) is 0.475. The SMILES string of the molecule is Cc1ccccc1CN(C(=O)CCCN(c1ccccc1F)S(C)(=O)=O)[C@H](C)C(=O)NCC(C)C. The molecule has 2 aromatic carbocycles. The van der Waals surface area contributed by atoms with Gasteiger partial charge in [0.15, 0.2) is 0 Å². The number of sulfonamides is 1. The Labute approximate surface area is 208 Å². The van der Waals surface area contributed by atoms with Crippen LogP contribution in [-0.4, -0.2) is 50.5 Å². The maximum atomic E-state index is 14.3. The van der Waals surface area contributed by atoms with Crippen LogP contribution < -0.4 is 9.62 Å². The van der Waals surface area contributed by atoms with Gasteiger partial charge < -0.3 is 10.2 Å². The molecule has 1 atom stereocenters. The number of carbonyl (C=O) groups excluding carboxylic acids is 2. The zero-order valence-corrected chi connectivity index (χ0v) is 21.9. The third-order valence-corrected chi connectivity index (χ3v) is 6.91. The maximum Gasteiger partial charge on any atom is 0.242 e. The number of carbonyl (C=O) groups is 2. The van der Waals surface area contributed by atoms with Crippen LogP contribution in [0.25, 0.3) is 0 Å². The molecule has 0 spiro atoms. The van der Waals surface area contributed by atoms with E-state index in [9.17, 15) is 22.4 Å². The molecule has 0 aliphatic heterocycles. The standard InChI is InChI=1S/C26H36FN3O4S/c1-19(2)17-28-26(32)21(4)29(18-22-12-7-6-11-20(22)3)25(31)15-10-16-30(35(5,33)34)24-14-9-8-13-23(24)27/h6-9,11-14,19,21H,10,15-18H2,1-5H3,(H,28,32)/t21-/m1/s1. The fraction of sp³-hybridized carbons (Fsp3) is 0.462. The van der Waals surface area contributed by atoms with Crippen LogP contribution in [0.1, 0.15) is 44.7 Å². The molecule has 1 N–H and O–H groups in total. The molecule has 0 radical (unpaired) electrons. The van der Waals surface area contributed by atoms with E-state index in [2.05, 4.69) is 5.32 Å². The Kier molecular flexibility index (Phi) is 10.2. The van der Waals surface area contributed by atoms with Gasteiger partial charge in [0, 0.05) is 26.1 Å². The van der Waals surface area contributed by atoms with E-state index < -0.39 is 21.9 Å². The van der Waals surface area contributed by atoms with Crippen LogP contribution >= 0.6 is 0 Å². The lowest BCUT2D eigenvalue weighted by Crippen LogP contribution is -2.48. The lowest BCUT2D eigenvalue weighted by molar-refractivity contribution is -0.140. The van der Waals surface area contributed by atoms with E-state index in [1.807, 2.05) is 45.0 Å². The number of hydrogen-bond donors (Lipinski definition) is 1. The molecule has 2 rings (SSSR count). The third kappa shape index (κ3) is 8.35. The molecule has 2 amide bonds. The number of aryl methyl sites for hydroxylation is 1. The zero-order valence-electron chi connectivity index (χ0n) is 21.1. The topological polar surface area (TPSA) is 86.8 Å². The Morgan fingerprint density at radius 2 is 1.66 bits per heavy atom. The molecule has 192 valence electrons. The van der Waals surface area contributed by atoms with Crippen molar-refractivity contribution >= 4 is 27.5 Å². The van der Waals surface area contributed by atoms with Gasteiger partial charge in [-0.3, -0.25) is 13.9 Å². The normalized spacial score (nSPS) is 12.3. The van der Waals surface area contributed by atoms with Crippen molar-refractivity contribution in [1.82, 2.24) is 10.2 Å². The lowest BCUT2D eigenvalue weighted by atomic mass is 10.1. The van der Waals surface area contributed by atoms with Crippen molar-refractivity contribution in [3.8, 4) is 0 Å². The molecule has 0 bridgehead atoms. The van der Waals surface area contributed by atoms with Gasteiger partial charge in [-0.25, -0.2) is 12.8 Å². The molecule has 0 aliphatic rings. The number of benzene rings is 2. The molecule has 0 fully saturated rings. The van der Waals surface area contributed by atoms with Gasteiger partial charge in [0.05, 0.1) is 11.9 Å². The van der Waals surface area contributed by atoms with Crippen molar-refractivity contribution in [2.75, 3.05) is 23.7 Å². The number of halogens is 1. The second kappa shape index (κ2) is 12.7. The van der Waals surface area contributed by atoms with Gasteiger partial charge in [0.1, 0.15) is 11.9 Å². The predicted octanol–water partition coefficient (Wildman–Crippen LogP) is 3.87. The van der Waals surface area contributed by atoms with E-state index in [4.69, 9.17) is 0 Å². The smallest absolute Gasteiger partial charge is 0.242 e. The molecule has 2 aromatic rings. The van der Waals surface area contributed by atoms with E-state index in [-0.39, 0.29) is 49.4 Å². The van der Waals surface area contributed by atoms with E-state index in [0.717, 1.165) is 21.7 Å². The predicted molar refractivity (Wildman–Crippen MR) is 137 cm³/mol. The van der Waals surface area contributed by atoms with Crippen molar-refractivity contribution in [1.29, 1.82) is 0 Å². The first-order chi connectivity index (χ1) is 16.4. The Balaban J connectivity index is 2.18. The minimum absolute atomic E-state index is 0.00809. The Morgan fingerprint density at radius 1 is 1.03 bits per heavy atom. The largest absolute Gasteiger partial charge is 0.354 e. The highest BCUT2D eigenvalue weighted by molar-refractivity contribution is 7.92. The van der Waals surface area contributed by atoms with E-state index in [1.54, 1.807) is 13.0 Å². The van der Waals surface area contributed by atoms with Gasteiger partial charge in [-0.2, -0.15) is 0 Å². The molecule has 9 heteroatoms. The fourth-order valence-electron chi connectivity index (χ4n) is 3.64. The summed E-state index contributed by atoms with van der Waals surface area (Å²) in [7, 11) is -3.75. The van der Waals surface area contributed by atoms with E-state index >= 15 is 0 Å². The highest BCUT2D eigenvalue weighted by Crippen LogP contribution is 2.22. The number of hydrogen-bond acceptors (Lipinski definition) is 4. The summed E-state index contributed by atoms with van der Waals surface area (Å²) in [4.78, 5) is 27.6. The van der Waals surface area contributed by atoms with Gasteiger partial charge in [0.25, 0.3) is 0 Å². The fourth-order valence-corrected chi connectivity index (χ4v) is 4.61. The van der Waals surface area contributed by atoms with Crippen molar-refractivity contribution in [3.63, 3.8) is 0 Å². The number of anilines is 1. The average Bonchev–Trinajstić information content (AvgIpc) is 2.79. The molecule has 0 unspecified atom stereocenters. The van der Waals surface area contributed by atoms with Crippen LogP contribution in [0.2, 0.25) is 0 Å². The zero-order chi connectivity index (χ0) is 26.2. The van der Waals surface area contributed by atoms with Gasteiger partial charge in [-0.05, 0) is 49.4 Å². The van der Waals surface area contributed by atoms with Crippen molar-refractivity contribution in [2.24, 2.45) is 5.92 Å². The third-order valence-electron chi connectivity index (χ3n) is 5.73. The second-order valence-corrected chi connectivity index (χ2v) is 11.1. The van der Waals surface area contributed by atoms with Crippen molar-refractivity contribution < 1.29 is 22.4 Å². The Bertz CT molecular complexity index is 1120. The van der Waals surface area contributed by atoms with Gasteiger partial charge >= 0.3 is 0 Å². The van der Waals surface area contributed by atoms with E-state index in [0.29, 0.717) is 6.54 Å². The number of nitrogens with zero attached hydrogens (tertiary/aromatic N) is 2. The summed E-state index contributed by atoms with van der Waals surface area (Å²) in [6, 6.07) is 12.6. The van der Waals surface area contributed by atoms with E-state index in [1.165, 1.54) is 23.1 Å². The number of nitrogens with one attached hydrogen (secondary N) is 1. The summed E-state index contributed by atoms with van der Waals surface area (Å²) in [5, 5.41) is 2.88. The van der Waals surface area contributed by atoms with Crippen molar-refractivity contribution in [2.45, 2.75) is 53.1 Å².